The topological polar surface area (TPSA) is 50.2 Å². The maximum atomic E-state index is 13.9. The monoisotopic (exact) mass is 319 g/mol. The summed E-state index contributed by atoms with van der Waals surface area (Å²) in [7, 11) is 0. The summed E-state index contributed by atoms with van der Waals surface area (Å²) >= 11 is 0. The Kier molecular flexibility index (Phi) is 3.38. The van der Waals surface area contributed by atoms with Crippen LogP contribution in [0.5, 0.6) is 0 Å². The summed E-state index contributed by atoms with van der Waals surface area (Å²) in [4.78, 5) is 16.4. The highest BCUT2D eigenvalue weighted by molar-refractivity contribution is 6.06. The molecule has 4 rings (SSSR count). The smallest absolute Gasteiger partial charge is 0.336 e. The molecule has 118 valence electrons. The molecule has 0 saturated carbocycles. The van der Waals surface area contributed by atoms with Crippen LogP contribution in [0.3, 0.4) is 0 Å². The number of para-hydroxylation sites is 1. The van der Waals surface area contributed by atoms with Crippen LogP contribution in [0, 0.1) is 5.82 Å². The van der Waals surface area contributed by atoms with Crippen LogP contribution < -0.4 is 0 Å². The molecule has 24 heavy (non-hydrogen) atoms. The van der Waals surface area contributed by atoms with Gasteiger partial charge in [-0.15, -0.1) is 0 Å². The third-order valence-electron chi connectivity index (χ3n) is 4.39. The summed E-state index contributed by atoms with van der Waals surface area (Å²) in [6.07, 6.45) is 3.04. The molecule has 0 atom stereocenters. The predicted molar refractivity (Wildman–Crippen MR) is 91.3 cm³/mol. The number of pyridine rings is 1. The van der Waals surface area contributed by atoms with Crippen molar-refractivity contribution in [2.24, 2.45) is 0 Å². The fourth-order valence-corrected chi connectivity index (χ4v) is 3.30. The number of hydrogen-bond donors (Lipinski definition) is 1. The van der Waals surface area contributed by atoms with E-state index in [-0.39, 0.29) is 5.82 Å². The number of carboxylic acid groups (broad SMARTS) is 1. The van der Waals surface area contributed by atoms with Crippen LogP contribution in [0.2, 0.25) is 0 Å². The Labute approximate surface area is 138 Å². The summed E-state index contributed by atoms with van der Waals surface area (Å²) in [5.74, 6) is -1.24. The number of hydrogen-bond acceptors (Lipinski definition) is 2. The van der Waals surface area contributed by atoms with Gasteiger partial charge in [-0.3, -0.25) is 0 Å². The van der Waals surface area contributed by atoms with Crippen molar-refractivity contribution in [2.45, 2.75) is 12.8 Å². The van der Waals surface area contributed by atoms with E-state index in [1.165, 1.54) is 6.07 Å². The van der Waals surface area contributed by atoms with Crippen molar-refractivity contribution in [3.63, 3.8) is 0 Å². The highest BCUT2D eigenvalue weighted by Crippen LogP contribution is 2.37. The van der Waals surface area contributed by atoms with E-state index in [1.54, 1.807) is 36.4 Å². The molecule has 1 aliphatic carbocycles. The molecule has 1 heterocycles. The summed E-state index contributed by atoms with van der Waals surface area (Å²) < 4.78 is 13.9. The second-order valence-corrected chi connectivity index (χ2v) is 5.83. The molecule has 4 heteroatoms. The molecule has 1 N–H and O–H groups in total. The number of carbonyl (C=O) groups is 1. The normalized spacial score (nSPS) is 15.0. The van der Waals surface area contributed by atoms with Crippen LogP contribution in [0.4, 0.5) is 4.39 Å². The second kappa shape index (κ2) is 5.57. The van der Waals surface area contributed by atoms with Gasteiger partial charge in [-0.05, 0) is 42.2 Å². The molecule has 0 fully saturated rings. The number of carboxylic acids is 1. The van der Waals surface area contributed by atoms with Crippen molar-refractivity contribution in [3.05, 3.63) is 76.7 Å². The zero-order valence-corrected chi connectivity index (χ0v) is 12.8. The number of allylic oxidation sites excluding steroid dienone is 1. The Morgan fingerprint density at radius 3 is 2.62 bits per heavy atom. The van der Waals surface area contributed by atoms with Crippen molar-refractivity contribution in [1.82, 2.24) is 4.98 Å². The van der Waals surface area contributed by atoms with Crippen LogP contribution >= 0.6 is 0 Å². The standard InChI is InChI=1S/C20H14FNO2/c21-16-7-3-1-5-12(16)11-13-9-10-15-18(20(23)24)14-6-2-4-8-17(14)22-19(13)15/h1-8,11H,9-10H2,(H,23,24)/b13-11+. The number of halogens is 1. The van der Waals surface area contributed by atoms with Crippen molar-refractivity contribution in [1.29, 1.82) is 0 Å². The summed E-state index contributed by atoms with van der Waals surface area (Å²) in [6, 6.07) is 13.8. The lowest BCUT2D eigenvalue weighted by Gasteiger charge is -2.09. The Bertz CT molecular complexity index is 1010. The maximum absolute atomic E-state index is 13.9. The Balaban J connectivity index is 1.96. The Morgan fingerprint density at radius 2 is 1.83 bits per heavy atom. The van der Waals surface area contributed by atoms with Gasteiger partial charge in [0.25, 0.3) is 0 Å². The molecule has 1 aliphatic rings. The average molecular weight is 319 g/mol. The van der Waals surface area contributed by atoms with Gasteiger partial charge in [0.15, 0.2) is 0 Å². The predicted octanol–water partition coefficient (Wildman–Crippen LogP) is 4.56. The van der Waals surface area contributed by atoms with E-state index in [0.717, 1.165) is 11.1 Å². The molecule has 0 spiro atoms. The molecule has 0 amide bonds. The van der Waals surface area contributed by atoms with Crippen LogP contribution in [-0.4, -0.2) is 16.1 Å². The van der Waals surface area contributed by atoms with E-state index in [4.69, 9.17) is 0 Å². The van der Waals surface area contributed by atoms with Gasteiger partial charge < -0.3 is 5.11 Å². The summed E-state index contributed by atoms with van der Waals surface area (Å²) in [5, 5.41) is 10.3. The van der Waals surface area contributed by atoms with E-state index in [2.05, 4.69) is 4.98 Å². The van der Waals surface area contributed by atoms with Gasteiger partial charge >= 0.3 is 5.97 Å². The number of benzene rings is 2. The van der Waals surface area contributed by atoms with Crippen LogP contribution in [0.1, 0.15) is 33.6 Å². The minimum Gasteiger partial charge on any atom is -0.478 e. The van der Waals surface area contributed by atoms with E-state index in [1.807, 2.05) is 12.1 Å². The molecule has 0 aliphatic heterocycles. The van der Waals surface area contributed by atoms with E-state index in [0.29, 0.717) is 40.6 Å². The van der Waals surface area contributed by atoms with Crippen LogP contribution in [0.25, 0.3) is 22.6 Å². The first-order valence-corrected chi connectivity index (χ1v) is 7.75. The molecule has 2 aromatic carbocycles. The van der Waals surface area contributed by atoms with Gasteiger partial charge in [-0.2, -0.15) is 0 Å². The van der Waals surface area contributed by atoms with Gasteiger partial charge in [0.05, 0.1) is 16.8 Å². The summed E-state index contributed by atoms with van der Waals surface area (Å²) in [5.41, 5.74) is 3.75. The minimum absolute atomic E-state index is 0.294. The molecule has 3 nitrogen and oxygen atoms in total. The maximum Gasteiger partial charge on any atom is 0.336 e. The molecule has 0 unspecified atom stereocenters. The molecule has 1 aromatic heterocycles. The Hall–Kier alpha value is -3.01. The number of rotatable bonds is 2. The highest BCUT2D eigenvalue weighted by Gasteiger charge is 2.26. The lowest BCUT2D eigenvalue weighted by molar-refractivity contribution is 0.0698. The molecular weight excluding hydrogens is 305 g/mol. The zero-order chi connectivity index (χ0) is 16.7. The SMILES string of the molecule is O=C(O)c1c2c(nc3ccccc13)/C(=C/c1ccccc1F)CC2. The lowest BCUT2D eigenvalue weighted by atomic mass is 10.0. The molecular formula is C20H14FNO2. The minimum atomic E-state index is -0.947. The van der Waals surface area contributed by atoms with E-state index in [9.17, 15) is 14.3 Å². The quantitative estimate of drug-likeness (QED) is 0.753. The first-order valence-electron chi connectivity index (χ1n) is 7.75. The lowest BCUT2D eigenvalue weighted by Crippen LogP contribution is -2.05. The largest absolute Gasteiger partial charge is 0.478 e. The molecule has 0 saturated heterocycles. The first-order chi connectivity index (χ1) is 11.6. The van der Waals surface area contributed by atoms with E-state index < -0.39 is 5.97 Å². The first kappa shape index (κ1) is 14.6. The fourth-order valence-electron chi connectivity index (χ4n) is 3.30. The van der Waals surface area contributed by atoms with E-state index >= 15 is 0 Å². The Morgan fingerprint density at radius 1 is 1.08 bits per heavy atom. The average Bonchev–Trinajstić information content (AvgIpc) is 2.97. The molecule has 0 bridgehead atoms. The van der Waals surface area contributed by atoms with Crippen LogP contribution in [0.15, 0.2) is 48.5 Å². The summed E-state index contributed by atoms with van der Waals surface area (Å²) in [6.45, 7) is 0. The van der Waals surface area contributed by atoms with Crippen molar-refractivity contribution < 1.29 is 14.3 Å². The van der Waals surface area contributed by atoms with Crippen molar-refractivity contribution >= 4 is 28.5 Å². The third-order valence-corrected chi connectivity index (χ3v) is 4.39. The van der Waals surface area contributed by atoms with Gasteiger partial charge in [0.1, 0.15) is 5.82 Å². The highest BCUT2D eigenvalue weighted by atomic mass is 19.1. The van der Waals surface area contributed by atoms with Gasteiger partial charge in [-0.25, -0.2) is 14.2 Å². The molecule has 3 aromatic rings. The fraction of sp³-hybridized carbons (Fsp3) is 0.100. The number of aromatic carboxylic acids is 1. The second-order valence-electron chi connectivity index (χ2n) is 5.83. The van der Waals surface area contributed by atoms with Gasteiger partial charge in [0, 0.05) is 10.9 Å². The third kappa shape index (κ3) is 2.27. The number of nitrogens with zero attached hydrogens (tertiary/aromatic N) is 1. The number of aromatic nitrogens is 1. The zero-order valence-electron chi connectivity index (χ0n) is 12.8. The van der Waals surface area contributed by atoms with Crippen LogP contribution in [-0.2, 0) is 6.42 Å². The van der Waals surface area contributed by atoms with Gasteiger partial charge in [0.2, 0.25) is 0 Å². The number of fused-ring (bicyclic) bond motifs is 2. The molecule has 0 radical (unpaired) electrons. The van der Waals surface area contributed by atoms with Crippen molar-refractivity contribution in [2.75, 3.05) is 0 Å². The van der Waals surface area contributed by atoms with Gasteiger partial charge in [-0.1, -0.05) is 36.4 Å². The van der Waals surface area contributed by atoms with Crippen molar-refractivity contribution in [3.8, 4) is 0 Å².